The van der Waals surface area contributed by atoms with Gasteiger partial charge in [0.15, 0.2) is 0 Å². The van der Waals surface area contributed by atoms with E-state index in [0.29, 0.717) is 38.5 Å². The molecule has 0 saturated heterocycles. The molecule has 1 aliphatic carbocycles. The summed E-state index contributed by atoms with van der Waals surface area (Å²) in [7, 11) is 0. The maximum atomic E-state index is 12.4. The van der Waals surface area contributed by atoms with Gasteiger partial charge in [-0.1, -0.05) is 52.2 Å². The molecule has 0 spiro atoms. The van der Waals surface area contributed by atoms with Crippen LogP contribution in [0.3, 0.4) is 0 Å². The molecule has 3 atom stereocenters. The van der Waals surface area contributed by atoms with Gasteiger partial charge in [-0.2, -0.15) is 0 Å². The van der Waals surface area contributed by atoms with Gasteiger partial charge in [0.25, 0.3) is 0 Å². The van der Waals surface area contributed by atoms with Crippen molar-refractivity contribution < 1.29 is 24.3 Å². The number of nitrogens with one attached hydrogen (secondary N) is 1. The molecule has 0 radical (unpaired) electrons. The Bertz CT molecular complexity index is 640. The number of carboxylic acids is 1. The number of Topliss-reactive ketones (excluding diaryl/α,β-unsaturated/α-hetero) is 2. The predicted octanol–water partition coefficient (Wildman–Crippen LogP) is 5.24. The lowest BCUT2D eigenvalue weighted by molar-refractivity contribution is -0.142. The van der Waals surface area contributed by atoms with Crippen LogP contribution in [-0.2, 0) is 19.2 Å². The smallest absolute Gasteiger partial charge is 0.326 e. The summed E-state index contributed by atoms with van der Waals surface area (Å²) in [6.07, 6.45) is 14.0. The number of carboxylic acid groups (broad SMARTS) is 1. The van der Waals surface area contributed by atoms with E-state index in [2.05, 4.69) is 24.4 Å². The van der Waals surface area contributed by atoms with Gasteiger partial charge in [0, 0.05) is 31.6 Å². The van der Waals surface area contributed by atoms with Gasteiger partial charge < -0.3 is 10.4 Å². The summed E-state index contributed by atoms with van der Waals surface area (Å²) in [5.74, 6) is -0.874. The molecular formula is C26H43NO5. The molecule has 0 heterocycles. The molecule has 6 heteroatoms. The highest BCUT2D eigenvalue weighted by molar-refractivity contribution is 5.89. The van der Waals surface area contributed by atoms with Crippen molar-refractivity contribution in [3.63, 3.8) is 0 Å². The first kappa shape index (κ1) is 28.1. The molecule has 6 nitrogen and oxygen atoms in total. The number of unbranched alkanes of at least 4 members (excludes halogenated alkanes) is 5. The van der Waals surface area contributed by atoms with Crippen LogP contribution in [0, 0.1) is 17.8 Å². The normalized spacial score (nSPS) is 19.6. The van der Waals surface area contributed by atoms with Crippen LogP contribution in [0.4, 0.5) is 0 Å². The molecule has 182 valence electrons. The van der Waals surface area contributed by atoms with Gasteiger partial charge in [-0.15, -0.1) is 0 Å². The van der Waals surface area contributed by atoms with Gasteiger partial charge in [-0.25, -0.2) is 4.79 Å². The molecule has 1 rings (SSSR count). The second-order valence-electron chi connectivity index (χ2n) is 9.59. The van der Waals surface area contributed by atoms with Crippen molar-refractivity contribution in [3.05, 3.63) is 12.2 Å². The lowest BCUT2D eigenvalue weighted by atomic mass is 9.88. The Morgan fingerprint density at radius 3 is 2.47 bits per heavy atom. The Labute approximate surface area is 193 Å². The van der Waals surface area contributed by atoms with Crippen molar-refractivity contribution >= 4 is 23.4 Å². The number of rotatable bonds is 17. The van der Waals surface area contributed by atoms with Crippen LogP contribution in [0.5, 0.6) is 0 Å². The number of allylic oxidation sites excluding steroid dienone is 2. The molecule has 0 aliphatic heterocycles. The topological polar surface area (TPSA) is 101 Å². The van der Waals surface area contributed by atoms with E-state index in [1.54, 1.807) is 0 Å². The van der Waals surface area contributed by atoms with E-state index in [1.165, 1.54) is 25.7 Å². The van der Waals surface area contributed by atoms with Gasteiger partial charge in [0.05, 0.1) is 0 Å². The fraction of sp³-hybridized carbons (Fsp3) is 0.769. The van der Waals surface area contributed by atoms with E-state index in [1.807, 2.05) is 13.8 Å². The third-order valence-electron chi connectivity index (χ3n) is 6.16. The van der Waals surface area contributed by atoms with Crippen molar-refractivity contribution in [2.75, 3.05) is 0 Å². The SMILES string of the molecule is CCCCCC/C=C/[C@H]1CCC(=O)[C@@H]1CC(=O)CCCCC(=O)N[C@@H](CC(C)C)C(=O)O. The molecule has 1 saturated carbocycles. The molecule has 0 bridgehead atoms. The van der Waals surface area contributed by atoms with E-state index >= 15 is 0 Å². The molecule has 1 aliphatic rings. The van der Waals surface area contributed by atoms with Crippen molar-refractivity contribution in [3.8, 4) is 0 Å². The maximum Gasteiger partial charge on any atom is 0.326 e. The fourth-order valence-electron chi connectivity index (χ4n) is 4.30. The Morgan fingerprint density at radius 1 is 1.09 bits per heavy atom. The molecule has 0 aromatic rings. The Hall–Kier alpha value is -1.98. The first-order chi connectivity index (χ1) is 15.2. The highest BCUT2D eigenvalue weighted by Gasteiger charge is 2.34. The minimum absolute atomic E-state index is 0.0789. The number of hydrogen-bond acceptors (Lipinski definition) is 4. The molecular weight excluding hydrogens is 406 g/mol. The summed E-state index contributed by atoms with van der Waals surface area (Å²) in [5.41, 5.74) is 0. The van der Waals surface area contributed by atoms with Crippen LogP contribution in [0.25, 0.3) is 0 Å². The van der Waals surface area contributed by atoms with Crippen molar-refractivity contribution in [2.24, 2.45) is 17.8 Å². The van der Waals surface area contributed by atoms with E-state index in [-0.39, 0.29) is 41.6 Å². The number of amides is 1. The van der Waals surface area contributed by atoms with Gasteiger partial charge in [0.2, 0.25) is 5.91 Å². The van der Waals surface area contributed by atoms with Crippen molar-refractivity contribution in [2.45, 2.75) is 110 Å². The van der Waals surface area contributed by atoms with Gasteiger partial charge in [0.1, 0.15) is 17.6 Å². The maximum absolute atomic E-state index is 12.4. The van der Waals surface area contributed by atoms with E-state index in [0.717, 1.165) is 12.8 Å². The number of carbonyl (C=O) groups is 4. The number of hydrogen-bond donors (Lipinski definition) is 2. The molecule has 0 aromatic carbocycles. The van der Waals surface area contributed by atoms with Crippen LogP contribution < -0.4 is 5.32 Å². The minimum atomic E-state index is -1.02. The first-order valence-electron chi connectivity index (χ1n) is 12.5. The summed E-state index contributed by atoms with van der Waals surface area (Å²) in [6, 6.07) is -0.867. The van der Waals surface area contributed by atoms with E-state index < -0.39 is 12.0 Å². The Balaban J connectivity index is 2.32. The van der Waals surface area contributed by atoms with Gasteiger partial charge >= 0.3 is 5.97 Å². The fourth-order valence-corrected chi connectivity index (χ4v) is 4.30. The first-order valence-corrected chi connectivity index (χ1v) is 12.5. The monoisotopic (exact) mass is 449 g/mol. The zero-order chi connectivity index (χ0) is 23.9. The van der Waals surface area contributed by atoms with Gasteiger partial charge in [-0.05, 0) is 50.4 Å². The molecule has 2 N–H and O–H groups in total. The third-order valence-corrected chi connectivity index (χ3v) is 6.16. The molecule has 1 amide bonds. The summed E-state index contributed by atoms with van der Waals surface area (Å²) in [6.45, 7) is 6.02. The third kappa shape index (κ3) is 11.6. The largest absolute Gasteiger partial charge is 0.480 e. The predicted molar refractivity (Wildman–Crippen MR) is 126 cm³/mol. The van der Waals surface area contributed by atoms with Crippen LogP contribution in [-0.4, -0.2) is 34.6 Å². The number of carbonyl (C=O) groups excluding carboxylic acids is 3. The number of ketones is 2. The van der Waals surface area contributed by atoms with Crippen LogP contribution in [0.1, 0.15) is 104 Å². The summed E-state index contributed by atoms with van der Waals surface area (Å²) in [4.78, 5) is 47.9. The lowest BCUT2D eigenvalue weighted by Crippen LogP contribution is -2.41. The average Bonchev–Trinajstić information content (AvgIpc) is 3.06. The molecule has 1 fully saturated rings. The summed E-state index contributed by atoms with van der Waals surface area (Å²) >= 11 is 0. The summed E-state index contributed by atoms with van der Waals surface area (Å²) < 4.78 is 0. The van der Waals surface area contributed by atoms with Gasteiger partial charge in [-0.3, -0.25) is 14.4 Å². The Morgan fingerprint density at radius 2 is 1.81 bits per heavy atom. The zero-order valence-corrected chi connectivity index (χ0v) is 20.2. The second-order valence-corrected chi connectivity index (χ2v) is 9.59. The minimum Gasteiger partial charge on any atom is -0.480 e. The van der Waals surface area contributed by atoms with Crippen molar-refractivity contribution in [1.82, 2.24) is 5.32 Å². The average molecular weight is 450 g/mol. The van der Waals surface area contributed by atoms with Crippen LogP contribution in [0.15, 0.2) is 12.2 Å². The second kappa shape index (κ2) is 15.8. The highest BCUT2D eigenvalue weighted by Crippen LogP contribution is 2.33. The molecule has 0 unspecified atom stereocenters. The lowest BCUT2D eigenvalue weighted by Gasteiger charge is -2.16. The standard InChI is InChI=1S/C26H43NO5/c1-4-5-6-7-8-9-12-20-15-16-24(29)22(20)18-21(28)13-10-11-14-25(30)27-23(26(31)32)17-19(2)3/h9,12,19-20,22-23H,4-8,10-11,13-18H2,1-3H3,(H,27,30)(H,31,32)/b12-9+/t20-,22+,23-/m0/s1. The highest BCUT2D eigenvalue weighted by atomic mass is 16.4. The van der Waals surface area contributed by atoms with Crippen molar-refractivity contribution in [1.29, 1.82) is 0 Å². The van der Waals surface area contributed by atoms with Crippen LogP contribution >= 0.6 is 0 Å². The zero-order valence-electron chi connectivity index (χ0n) is 20.2. The Kier molecular flexibility index (Phi) is 13.8. The quantitative estimate of drug-likeness (QED) is 0.233. The van der Waals surface area contributed by atoms with E-state index in [4.69, 9.17) is 0 Å². The number of aliphatic carboxylic acids is 1. The van der Waals surface area contributed by atoms with E-state index in [9.17, 15) is 24.3 Å². The molecule has 0 aromatic heterocycles. The summed E-state index contributed by atoms with van der Waals surface area (Å²) in [5, 5.41) is 11.8. The molecule has 32 heavy (non-hydrogen) atoms. The van der Waals surface area contributed by atoms with Crippen LogP contribution in [0.2, 0.25) is 0 Å².